The predicted octanol–water partition coefficient (Wildman–Crippen LogP) is 1.37. The van der Waals surface area contributed by atoms with E-state index in [-0.39, 0.29) is 18.1 Å². The third-order valence-corrected chi connectivity index (χ3v) is 5.40. The van der Waals surface area contributed by atoms with E-state index in [2.05, 4.69) is 10.00 Å². The number of piperidine rings is 1. The molecule has 1 amide bonds. The van der Waals surface area contributed by atoms with Gasteiger partial charge in [0.05, 0.1) is 25.0 Å². The van der Waals surface area contributed by atoms with Crippen molar-refractivity contribution in [2.75, 3.05) is 26.7 Å². The standard InChI is InChI=1S/C18H24N4O3/c1-20-7-5-15(19-20)18(23)22-8-6-17(24-2)14-11-21(12-16(14)22)10-13-4-3-9-25-13/h3-5,7,9,14,16-17H,6,8,10-12H2,1-2H3/t14-,16+,17-/m1/s1. The highest BCUT2D eigenvalue weighted by Gasteiger charge is 2.46. The third kappa shape index (κ3) is 3.09. The van der Waals surface area contributed by atoms with Crippen molar-refractivity contribution in [1.29, 1.82) is 0 Å². The van der Waals surface area contributed by atoms with Crippen LogP contribution in [-0.4, -0.2) is 64.4 Å². The van der Waals surface area contributed by atoms with Crippen molar-refractivity contribution >= 4 is 5.91 Å². The van der Waals surface area contributed by atoms with E-state index in [1.165, 1.54) is 0 Å². The Hall–Kier alpha value is -2.12. The van der Waals surface area contributed by atoms with E-state index in [9.17, 15) is 4.79 Å². The van der Waals surface area contributed by atoms with E-state index in [0.29, 0.717) is 18.2 Å². The number of ether oxygens (including phenoxy) is 1. The van der Waals surface area contributed by atoms with E-state index in [1.54, 1.807) is 24.1 Å². The highest BCUT2D eigenvalue weighted by molar-refractivity contribution is 5.92. The van der Waals surface area contributed by atoms with Crippen LogP contribution in [0.3, 0.4) is 0 Å². The van der Waals surface area contributed by atoms with Gasteiger partial charge < -0.3 is 14.1 Å². The fraction of sp³-hybridized carbons (Fsp3) is 0.556. The van der Waals surface area contributed by atoms with Crippen molar-refractivity contribution in [2.24, 2.45) is 13.0 Å². The van der Waals surface area contributed by atoms with Crippen LogP contribution < -0.4 is 0 Å². The molecule has 0 radical (unpaired) electrons. The molecule has 0 unspecified atom stereocenters. The van der Waals surface area contributed by atoms with Gasteiger partial charge in [-0.05, 0) is 24.6 Å². The first-order valence-electron chi connectivity index (χ1n) is 8.74. The minimum Gasteiger partial charge on any atom is -0.468 e. The Morgan fingerprint density at radius 3 is 2.96 bits per heavy atom. The molecule has 0 bridgehead atoms. The first-order valence-corrected chi connectivity index (χ1v) is 8.74. The summed E-state index contributed by atoms with van der Waals surface area (Å²) in [6.07, 6.45) is 4.57. The quantitative estimate of drug-likeness (QED) is 0.838. The molecule has 0 spiro atoms. The van der Waals surface area contributed by atoms with Crippen molar-refractivity contribution in [3.05, 3.63) is 42.1 Å². The van der Waals surface area contributed by atoms with Crippen molar-refractivity contribution < 1.29 is 13.9 Å². The van der Waals surface area contributed by atoms with Gasteiger partial charge in [-0.15, -0.1) is 0 Å². The van der Waals surface area contributed by atoms with Crippen molar-refractivity contribution in [1.82, 2.24) is 19.6 Å². The Bertz CT molecular complexity index is 727. The SMILES string of the molecule is CO[C@@H]1CCN(C(=O)c2ccn(C)n2)[C@H]2CN(Cc3ccco3)C[C@@H]12. The molecular weight excluding hydrogens is 320 g/mol. The summed E-state index contributed by atoms with van der Waals surface area (Å²) in [6.45, 7) is 3.23. The molecule has 3 atom stereocenters. The molecule has 0 saturated carbocycles. The zero-order valence-electron chi connectivity index (χ0n) is 14.7. The van der Waals surface area contributed by atoms with Crippen molar-refractivity contribution in [3.63, 3.8) is 0 Å². The summed E-state index contributed by atoms with van der Waals surface area (Å²) in [7, 11) is 3.60. The molecule has 0 aromatic carbocycles. The molecule has 7 heteroatoms. The zero-order chi connectivity index (χ0) is 17.4. The van der Waals surface area contributed by atoms with Crippen LogP contribution >= 0.6 is 0 Å². The second kappa shape index (κ2) is 6.65. The predicted molar refractivity (Wildman–Crippen MR) is 90.9 cm³/mol. The Morgan fingerprint density at radius 1 is 1.40 bits per heavy atom. The van der Waals surface area contributed by atoms with Crippen LogP contribution in [0.25, 0.3) is 0 Å². The summed E-state index contributed by atoms with van der Waals surface area (Å²) in [5.74, 6) is 1.29. The lowest BCUT2D eigenvalue weighted by Gasteiger charge is -2.40. The first kappa shape index (κ1) is 16.4. The monoisotopic (exact) mass is 344 g/mol. The van der Waals surface area contributed by atoms with Gasteiger partial charge >= 0.3 is 0 Å². The Balaban J connectivity index is 1.53. The van der Waals surface area contributed by atoms with Crippen molar-refractivity contribution in [2.45, 2.75) is 25.1 Å². The van der Waals surface area contributed by atoms with Gasteiger partial charge in [0.2, 0.25) is 0 Å². The zero-order valence-corrected chi connectivity index (χ0v) is 14.7. The van der Waals surface area contributed by atoms with Gasteiger partial charge in [0, 0.05) is 45.9 Å². The normalized spacial score (nSPS) is 26.8. The van der Waals surface area contributed by atoms with E-state index < -0.39 is 0 Å². The van der Waals surface area contributed by atoms with Gasteiger partial charge in [-0.2, -0.15) is 5.10 Å². The number of furan rings is 1. The average molecular weight is 344 g/mol. The largest absolute Gasteiger partial charge is 0.468 e. The molecule has 2 saturated heterocycles. The lowest BCUT2D eigenvalue weighted by atomic mass is 9.89. The highest BCUT2D eigenvalue weighted by atomic mass is 16.5. The van der Waals surface area contributed by atoms with Gasteiger partial charge in [0.1, 0.15) is 11.5 Å². The van der Waals surface area contributed by atoms with Crippen LogP contribution in [0, 0.1) is 5.92 Å². The van der Waals surface area contributed by atoms with E-state index in [4.69, 9.17) is 9.15 Å². The number of rotatable bonds is 4. The van der Waals surface area contributed by atoms with Crippen LogP contribution in [-0.2, 0) is 18.3 Å². The molecule has 2 aliphatic heterocycles. The third-order valence-electron chi connectivity index (χ3n) is 5.40. The minimum atomic E-state index is 0.0185. The lowest BCUT2D eigenvalue weighted by Crippen LogP contribution is -2.53. The maximum Gasteiger partial charge on any atom is 0.274 e. The summed E-state index contributed by atoms with van der Waals surface area (Å²) in [5.41, 5.74) is 0.515. The number of aromatic nitrogens is 2. The number of likely N-dealkylation sites (tertiary alicyclic amines) is 2. The molecular formula is C18H24N4O3. The molecule has 0 N–H and O–H groups in total. The number of hydrogen-bond acceptors (Lipinski definition) is 5. The van der Waals surface area contributed by atoms with E-state index in [0.717, 1.165) is 31.8 Å². The van der Waals surface area contributed by atoms with Crippen molar-refractivity contribution in [3.8, 4) is 0 Å². The van der Waals surface area contributed by atoms with Gasteiger partial charge in [-0.1, -0.05) is 0 Å². The molecule has 4 heterocycles. The summed E-state index contributed by atoms with van der Waals surface area (Å²) in [4.78, 5) is 17.3. The number of aryl methyl sites for hydroxylation is 1. The molecule has 2 aromatic heterocycles. The first-order chi connectivity index (χ1) is 12.2. The van der Waals surface area contributed by atoms with Crippen LogP contribution in [0.15, 0.2) is 35.1 Å². The summed E-state index contributed by atoms with van der Waals surface area (Å²) in [5, 5.41) is 4.28. The van der Waals surface area contributed by atoms with Crippen LogP contribution in [0.5, 0.6) is 0 Å². The fourth-order valence-corrected chi connectivity index (χ4v) is 4.21. The van der Waals surface area contributed by atoms with Gasteiger partial charge in [0.25, 0.3) is 5.91 Å². The molecule has 4 rings (SSSR count). The van der Waals surface area contributed by atoms with Crippen LogP contribution in [0.1, 0.15) is 22.7 Å². The van der Waals surface area contributed by atoms with Crippen LogP contribution in [0.4, 0.5) is 0 Å². The van der Waals surface area contributed by atoms with Crippen LogP contribution in [0.2, 0.25) is 0 Å². The molecule has 25 heavy (non-hydrogen) atoms. The fourth-order valence-electron chi connectivity index (χ4n) is 4.21. The molecule has 7 nitrogen and oxygen atoms in total. The number of nitrogens with zero attached hydrogens (tertiary/aromatic N) is 4. The number of methoxy groups -OCH3 is 1. The number of carbonyl (C=O) groups is 1. The van der Waals surface area contributed by atoms with E-state index >= 15 is 0 Å². The second-order valence-corrected chi connectivity index (χ2v) is 6.94. The molecule has 0 aliphatic carbocycles. The Kier molecular flexibility index (Phi) is 4.35. The molecule has 2 aliphatic rings. The topological polar surface area (TPSA) is 63.7 Å². The minimum absolute atomic E-state index is 0.0185. The smallest absolute Gasteiger partial charge is 0.274 e. The number of hydrogen-bond donors (Lipinski definition) is 0. The number of amides is 1. The van der Waals surface area contributed by atoms with E-state index in [1.807, 2.05) is 30.3 Å². The Labute approximate surface area is 147 Å². The molecule has 2 fully saturated rings. The van der Waals surface area contributed by atoms with Gasteiger partial charge in [0.15, 0.2) is 0 Å². The summed E-state index contributed by atoms with van der Waals surface area (Å²) < 4.78 is 12.9. The highest BCUT2D eigenvalue weighted by Crippen LogP contribution is 2.34. The summed E-state index contributed by atoms with van der Waals surface area (Å²) >= 11 is 0. The Morgan fingerprint density at radius 2 is 2.28 bits per heavy atom. The number of carbonyl (C=O) groups excluding carboxylic acids is 1. The molecule has 2 aromatic rings. The number of fused-ring (bicyclic) bond motifs is 1. The second-order valence-electron chi connectivity index (χ2n) is 6.94. The van der Waals surface area contributed by atoms with Gasteiger partial charge in [-0.25, -0.2) is 0 Å². The maximum absolute atomic E-state index is 12.9. The average Bonchev–Trinajstić information content (AvgIpc) is 3.34. The lowest BCUT2D eigenvalue weighted by molar-refractivity contribution is -0.0159. The maximum atomic E-state index is 12.9. The van der Waals surface area contributed by atoms with Gasteiger partial charge in [-0.3, -0.25) is 14.4 Å². The molecule has 134 valence electrons. The summed E-state index contributed by atoms with van der Waals surface area (Å²) in [6, 6.07) is 5.85.